The molecule has 0 spiro atoms. The number of benzene rings is 1. The average Bonchev–Trinajstić information content (AvgIpc) is 2.17. The molecule has 1 fully saturated rings. The van der Waals surface area contributed by atoms with Crippen LogP contribution in [0.2, 0.25) is 0 Å². The molecule has 86 valence electrons. The van der Waals surface area contributed by atoms with Crippen molar-refractivity contribution in [3.8, 4) is 0 Å². The molecular weight excluding hydrogens is 214 g/mol. The smallest absolute Gasteiger partial charge is 0.254 e. The minimum absolute atomic E-state index is 0.0800. The minimum Gasteiger partial charge on any atom is -0.396 e. The predicted octanol–water partition coefficient (Wildman–Crippen LogP) is 1.83. The molecule has 5 heteroatoms. The zero-order valence-electron chi connectivity index (χ0n) is 8.59. The maximum absolute atomic E-state index is 13.5. The molecule has 0 radical (unpaired) electrons. The summed E-state index contributed by atoms with van der Waals surface area (Å²) in [6, 6.07) is 1.80. The molecule has 0 atom stereocenters. The van der Waals surface area contributed by atoms with Gasteiger partial charge in [0.1, 0.15) is 5.82 Å². The Morgan fingerprint density at radius 1 is 1.38 bits per heavy atom. The standard InChI is InChI=1S/C11H12F2N2O/c12-6-4-8(10(13)9(14)5-6)11(16)15-7-2-1-3-7/h4-5,7H,1-3,14H2,(H,15,16). The van der Waals surface area contributed by atoms with Gasteiger partial charge in [-0.3, -0.25) is 4.79 Å². The van der Waals surface area contributed by atoms with Crippen LogP contribution in [-0.2, 0) is 0 Å². The summed E-state index contributed by atoms with van der Waals surface area (Å²) in [5.41, 5.74) is 4.56. The fourth-order valence-electron chi connectivity index (χ4n) is 1.59. The number of hydrogen-bond acceptors (Lipinski definition) is 2. The van der Waals surface area contributed by atoms with Crippen molar-refractivity contribution in [2.75, 3.05) is 5.73 Å². The molecule has 2 rings (SSSR count). The van der Waals surface area contributed by atoms with Crippen LogP contribution in [0.1, 0.15) is 29.6 Å². The second-order valence-electron chi connectivity index (χ2n) is 3.96. The molecule has 0 unspecified atom stereocenters. The summed E-state index contributed by atoms with van der Waals surface area (Å²) < 4.78 is 26.4. The number of amides is 1. The number of carbonyl (C=O) groups excluding carboxylic acids is 1. The lowest BCUT2D eigenvalue weighted by Crippen LogP contribution is -2.39. The number of rotatable bonds is 2. The van der Waals surface area contributed by atoms with Crippen molar-refractivity contribution in [3.05, 3.63) is 29.3 Å². The van der Waals surface area contributed by atoms with Crippen LogP contribution in [-0.4, -0.2) is 11.9 Å². The highest BCUT2D eigenvalue weighted by atomic mass is 19.1. The molecule has 1 saturated carbocycles. The first-order valence-corrected chi connectivity index (χ1v) is 5.13. The average molecular weight is 226 g/mol. The summed E-state index contributed by atoms with van der Waals surface area (Å²) in [7, 11) is 0. The highest BCUT2D eigenvalue weighted by molar-refractivity contribution is 5.95. The lowest BCUT2D eigenvalue weighted by molar-refractivity contribution is 0.0912. The maximum atomic E-state index is 13.5. The Labute approximate surface area is 91.6 Å². The van der Waals surface area contributed by atoms with Gasteiger partial charge in [0.2, 0.25) is 0 Å². The third-order valence-corrected chi connectivity index (χ3v) is 2.75. The first-order valence-electron chi connectivity index (χ1n) is 5.13. The number of carbonyl (C=O) groups is 1. The molecule has 3 N–H and O–H groups in total. The van der Waals surface area contributed by atoms with E-state index in [1.165, 1.54) is 0 Å². The van der Waals surface area contributed by atoms with Gasteiger partial charge in [0.05, 0.1) is 11.3 Å². The first kappa shape index (κ1) is 10.9. The van der Waals surface area contributed by atoms with Gasteiger partial charge in [0.15, 0.2) is 5.82 Å². The van der Waals surface area contributed by atoms with Crippen LogP contribution in [0.4, 0.5) is 14.5 Å². The number of nitrogens with one attached hydrogen (secondary N) is 1. The molecule has 16 heavy (non-hydrogen) atoms. The van der Waals surface area contributed by atoms with Gasteiger partial charge in [-0.1, -0.05) is 0 Å². The van der Waals surface area contributed by atoms with Crippen LogP contribution in [0.15, 0.2) is 12.1 Å². The van der Waals surface area contributed by atoms with Gasteiger partial charge in [-0.2, -0.15) is 0 Å². The van der Waals surface area contributed by atoms with E-state index < -0.39 is 17.5 Å². The van der Waals surface area contributed by atoms with Crippen LogP contribution >= 0.6 is 0 Å². The lowest BCUT2D eigenvalue weighted by atomic mass is 9.93. The lowest BCUT2D eigenvalue weighted by Gasteiger charge is -2.26. The zero-order valence-corrected chi connectivity index (χ0v) is 8.59. The van der Waals surface area contributed by atoms with Crippen LogP contribution in [0.5, 0.6) is 0 Å². The van der Waals surface area contributed by atoms with E-state index in [2.05, 4.69) is 5.32 Å². The highest BCUT2D eigenvalue weighted by Crippen LogP contribution is 2.21. The molecule has 3 nitrogen and oxygen atoms in total. The molecule has 1 aliphatic carbocycles. The summed E-state index contributed by atoms with van der Waals surface area (Å²) in [5, 5.41) is 2.63. The molecule has 1 aromatic rings. The number of nitrogen functional groups attached to an aromatic ring is 1. The fraction of sp³-hybridized carbons (Fsp3) is 0.364. The number of nitrogens with two attached hydrogens (primary N) is 1. The quantitative estimate of drug-likeness (QED) is 0.756. The Morgan fingerprint density at radius 2 is 2.06 bits per heavy atom. The van der Waals surface area contributed by atoms with Crippen molar-refractivity contribution in [1.29, 1.82) is 0 Å². The third kappa shape index (κ3) is 1.98. The Morgan fingerprint density at radius 3 is 2.62 bits per heavy atom. The van der Waals surface area contributed by atoms with E-state index in [1.54, 1.807) is 0 Å². The second kappa shape index (κ2) is 4.08. The molecule has 0 saturated heterocycles. The molecule has 0 heterocycles. The van der Waals surface area contributed by atoms with Crippen molar-refractivity contribution in [2.45, 2.75) is 25.3 Å². The monoisotopic (exact) mass is 226 g/mol. The van der Waals surface area contributed by atoms with Gasteiger partial charge in [-0.25, -0.2) is 8.78 Å². The van der Waals surface area contributed by atoms with E-state index in [1.807, 2.05) is 0 Å². The molecular formula is C11H12F2N2O. The number of anilines is 1. The van der Waals surface area contributed by atoms with Crippen molar-refractivity contribution in [2.24, 2.45) is 0 Å². The van der Waals surface area contributed by atoms with Crippen molar-refractivity contribution < 1.29 is 13.6 Å². The van der Waals surface area contributed by atoms with E-state index in [0.29, 0.717) is 0 Å². The minimum atomic E-state index is -0.863. The highest BCUT2D eigenvalue weighted by Gasteiger charge is 2.22. The summed E-state index contributed by atoms with van der Waals surface area (Å²) in [6.45, 7) is 0. The number of hydrogen-bond donors (Lipinski definition) is 2. The molecule has 0 aromatic heterocycles. The molecule has 0 aliphatic heterocycles. The van der Waals surface area contributed by atoms with E-state index in [0.717, 1.165) is 31.4 Å². The Kier molecular flexibility index (Phi) is 2.77. The molecule has 0 bridgehead atoms. The van der Waals surface area contributed by atoms with E-state index in [-0.39, 0.29) is 17.3 Å². The van der Waals surface area contributed by atoms with Crippen molar-refractivity contribution >= 4 is 11.6 Å². The molecule has 1 aliphatic rings. The summed E-state index contributed by atoms with van der Waals surface area (Å²) >= 11 is 0. The van der Waals surface area contributed by atoms with Crippen LogP contribution in [0.25, 0.3) is 0 Å². The number of halogens is 2. The van der Waals surface area contributed by atoms with E-state index in [9.17, 15) is 13.6 Å². The van der Waals surface area contributed by atoms with Gasteiger partial charge in [0, 0.05) is 6.04 Å². The van der Waals surface area contributed by atoms with E-state index in [4.69, 9.17) is 5.73 Å². The van der Waals surface area contributed by atoms with E-state index >= 15 is 0 Å². The van der Waals surface area contributed by atoms with Gasteiger partial charge in [0.25, 0.3) is 5.91 Å². The summed E-state index contributed by atoms with van der Waals surface area (Å²) in [4.78, 5) is 11.6. The first-order chi connectivity index (χ1) is 7.58. The fourth-order valence-corrected chi connectivity index (χ4v) is 1.59. The molecule has 1 aromatic carbocycles. The summed E-state index contributed by atoms with van der Waals surface area (Å²) in [5.74, 6) is -2.18. The van der Waals surface area contributed by atoms with Crippen LogP contribution in [0, 0.1) is 11.6 Å². The van der Waals surface area contributed by atoms with Crippen LogP contribution < -0.4 is 11.1 Å². The Balaban J connectivity index is 2.21. The Bertz CT molecular complexity index is 430. The second-order valence-corrected chi connectivity index (χ2v) is 3.96. The predicted molar refractivity (Wildman–Crippen MR) is 55.9 cm³/mol. The Hall–Kier alpha value is -1.65. The largest absolute Gasteiger partial charge is 0.396 e. The van der Waals surface area contributed by atoms with Gasteiger partial charge < -0.3 is 11.1 Å². The normalized spacial score (nSPS) is 15.6. The van der Waals surface area contributed by atoms with Gasteiger partial charge >= 0.3 is 0 Å². The summed E-state index contributed by atoms with van der Waals surface area (Å²) in [6.07, 6.45) is 2.83. The maximum Gasteiger partial charge on any atom is 0.254 e. The SMILES string of the molecule is Nc1cc(F)cc(C(=O)NC2CCC2)c1F. The zero-order chi connectivity index (χ0) is 11.7. The van der Waals surface area contributed by atoms with Gasteiger partial charge in [-0.15, -0.1) is 0 Å². The van der Waals surface area contributed by atoms with Gasteiger partial charge in [-0.05, 0) is 31.4 Å². The third-order valence-electron chi connectivity index (χ3n) is 2.75. The topological polar surface area (TPSA) is 55.1 Å². The van der Waals surface area contributed by atoms with Crippen molar-refractivity contribution in [3.63, 3.8) is 0 Å². The van der Waals surface area contributed by atoms with Crippen LogP contribution in [0.3, 0.4) is 0 Å². The van der Waals surface area contributed by atoms with Crippen molar-refractivity contribution in [1.82, 2.24) is 5.32 Å². The molecule has 1 amide bonds.